The predicted octanol–water partition coefficient (Wildman–Crippen LogP) is 2.86. The summed E-state index contributed by atoms with van der Waals surface area (Å²) in [7, 11) is 1.87. The number of hydrogen-bond donors (Lipinski definition) is 1. The van der Waals surface area contributed by atoms with E-state index in [1.54, 1.807) is 0 Å². The van der Waals surface area contributed by atoms with E-state index in [2.05, 4.69) is 10.2 Å². The van der Waals surface area contributed by atoms with Crippen LogP contribution in [0.2, 0.25) is 4.34 Å². The summed E-state index contributed by atoms with van der Waals surface area (Å²) in [5.41, 5.74) is 0. The number of halogens is 1. The van der Waals surface area contributed by atoms with Gasteiger partial charge in [0, 0.05) is 7.05 Å². The standard InChI is InChI=1S/C7H6ClN3S2/c1-11-6(9-10-7(11)12)4-2-3-5(8)13-4/h2-3H,1H3,(H,10,12). The van der Waals surface area contributed by atoms with Gasteiger partial charge in [-0.05, 0) is 24.4 Å². The van der Waals surface area contributed by atoms with Crippen LogP contribution in [0.25, 0.3) is 10.7 Å². The van der Waals surface area contributed by atoms with Gasteiger partial charge in [-0.15, -0.1) is 11.3 Å². The lowest BCUT2D eigenvalue weighted by atomic mass is 10.4. The number of nitrogens with zero attached hydrogens (tertiary/aromatic N) is 2. The first kappa shape index (κ1) is 8.93. The molecule has 0 bridgehead atoms. The third-order valence-corrected chi connectivity index (χ3v) is 3.27. The number of aromatic nitrogens is 3. The molecule has 0 fully saturated rings. The highest BCUT2D eigenvalue weighted by Crippen LogP contribution is 2.29. The Morgan fingerprint density at radius 3 is 2.85 bits per heavy atom. The Kier molecular flexibility index (Phi) is 2.23. The zero-order chi connectivity index (χ0) is 9.42. The maximum atomic E-state index is 5.81. The first-order valence-corrected chi connectivity index (χ1v) is 5.16. The van der Waals surface area contributed by atoms with Crippen LogP contribution in [0.4, 0.5) is 0 Å². The largest absolute Gasteiger partial charge is 0.303 e. The molecule has 0 unspecified atom stereocenters. The molecule has 68 valence electrons. The van der Waals surface area contributed by atoms with Crippen LogP contribution in [0.5, 0.6) is 0 Å². The van der Waals surface area contributed by atoms with Crippen LogP contribution in [0.15, 0.2) is 12.1 Å². The zero-order valence-corrected chi connectivity index (χ0v) is 9.13. The summed E-state index contributed by atoms with van der Waals surface area (Å²) in [5, 5.41) is 6.82. The Morgan fingerprint density at radius 2 is 2.38 bits per heavy atom. The predicted molar refractivity (Wildman–Crippen MR) is 56.7 cm³/mol. The molecule has 2 heterocycles. The molecule has 6 heteroatoms. The molecule has 13 heavy (non-hydrogen) atoms. The fourth-order valence-corrected chi connectivity index (χ4v) is 2.20. The first-order chi connectivity index (χ1) is 6.18. The van der Waals surface area contributed by atoms with Crippen molar-refractivity contribution < 1.29 is 0 Å². The van der Waals surface area contributed by atoms with Crippen molar-refractivity contribution in [1.29, 1.82) is 0 Å². The monoisotopic (exact) mass is 231 g/mol. The molecule has 0 saturated heterocycles. The van der Waals surface area contributed by atoms with Crippen LogP contribution in [0, 0.1) is 4.77 Å². The lowest BCUT2D eigenvalue weighted by molar-refractivity contribution is 0.904. The summed E-state index contributed by atoms with van der Waals surface area (Å²) in [6, 6.07) is 3.78. The Hall–Kier alpha value is -0.650. The zero-order valence-electron chi connectivity index (χ0n) is 6.74. The van der Waals surface area contributed by atoms with E-state index in [0.29, 0.717) is 4.77 Å². The van der Waals surface area contributed by atoms with E-state index in [0.717, 1.165) is 15.0 Å². The van der Waals surface area contributed by atoms with Crippen molar-refractivity contribution in [2.24, 2.45) is 7.05 Å². The van der Waals surface area contributed by atoms with Gasteiger partial charge in [0.1, 0.15) is 0 Å². The van der Waals surface area contributed by atoms with Crippen molar-refractivity contribution >= 4 is 35.2 Å². The van der Waals surface area contributed by atoms with Gasteiger partial charge in [0.2, 0.25) is 0 Å². The fourth-order valence-electron chi connectivity index (χ4n) is 1.00. The topological polar surface area (TPSA) is 33.6 Å². The van der Waals surface area contributed by atoms with Gasteiger partial charge in [-0.25, -0.2) is 0 Å². The molecule has 2 aromatic rings. The number of hydrogen-bond acceptors (Lipinski definition) is 3. The SMILES string of the molecule is Cn1c(-c2ccc(Cl)s2)n[nH]c1=S. The van der Waals surface area contributed by atoms with E-state index in [9.17, 15) is 0 Å². The second-order valence-electron chi connectivity index (χ2n) is 2.52. The molecule has 0 aliphatic rings. The Labute approximate surface area is 89.0 Å². The number of thiophene rings is 1. The molecule has 2 aromatic heterocycles. The quantitative estimate of drug-likeness (QED) is 0.766. The molecule has 2 rings (SSSR count). The number of aromatic amines is 1. The highest BCUT2D eigenvalue weighted by atomic mass is 35.5. The average molecular weight is 232 g/mol. The molecule has 0 amide bonds. The summed E-state index contributed by atoms with van der Waals surface area (Å²) in [5.74, 6) is 0.821. The molecule has 0 saturated carbocycles. The van der Waals surface area contributed by atoms with Crippen LogP contribution in [-0.2, 0) is 7.05 Å². The van der Waals surface area contributed by atoms with Gasteiger partial charge >= 0.3 is 0 Å². The summed E-state index contributed by atoms with van der Waals surface area (Å²) < 4.78 is 3.18. The molecule has 3 nitrogen and oxygen atoms in total. The minimum atomic E-state index is 0.611. The molecular weight excluding hydrogens is 226 g/mol. The van der Waals surface area contributed by atoms with E-state index >= 15 is 0 Å². The third kappa shape index (κ3) is 1.54. The van der Waals surface area contributed by atoms with Crippen LogP contribution in [0.1, 0.15) is 0 Å². The van der Waals surface area contributed by atoms with E-state index in [1.165, 1.54) is 11.3 Å². The lowest BCUT2D eigenvalue weighted by Gasteiger charge is -1.93. The van der Waals surface area contributed by atoms with Gasteiger partial charge in [-0.1, -0.05) is 11.6 Å². The minimum Gasteiger partial charge on any atom is -0.303 e. The van der Waals surface area contributed by atoms with Gasteiger partial charge in [0.15, 0.2) is 10.6 Å². The highest BCUT2D eigenvalue weighted by molar-refractivity contribution is 7.71. The lowest BCUT2D eigenvalue weighted by Crippen LogP contribution is -1.89. The van der Waals surface area contributed by atoms with Crippen LogP contribution in [0.3, 0.4) is 0 Å². The number of nitrogens with one attached hydrogen (secondary N) is 1. The fraction of sp³-hybridized carbons (Fsp3) is 0.143. The van der Waals surface area contributed by atoms with E-state index in [1.807, 2.05) is 23.7 Å². The van der Waals surface area contributed by atoms with Crippen molar-refractivity contribution in [3.8, 4) is 10.7 Å². The summed E-state index contributed by atoms with van der Waals surface area (Å²) in [4.78, 5) is 1.01. The maximum absolute atomic E-state index is 5.81. The molecular formula is C7H6ClN3S2. The van der Waals surface area contributed by atoms with Gasteiger partial charge < -0.3 is 4.57 Å². The van der Waals surface area contributed by atoms with E-state index in [4.69, 9.17) is 23.8 Å². The highest BCUT2D eigenvalue weighted by Gasteiger charge is 2.07. The first-order valence-electron chi connectivity index (χ1n) is 3.55. The van der Waals surface area contributed by atoms with Crippen molar-refractivity contribution in [1.82, 2.24) is 14.8 Å². The van der Waals surface area contributed by atoms with Crippen LogP contribution < -0.4 is 0 Å². The molecule has 0 aliphatic carbocycles. The van der Waals surface area contributed by atoms with E-state index in [-0.39, 0.29) is 0 Å². The van der Waals surface area contributed by atoms with Gasteiger partial charge in [-0.2, -0.15) is 5.10 Å². The van der Waals surface area contributed by atoms with Crippen LogP contribution in [-0.4, -0.2) is 14.8 Å². The summed E-state index contributed by atoms with van der Waals surface area (Å²) in [6.45, 7) is 0. The summed E-state index contributed by atoms with van der Waals surface area (Å²) >= 11 is 12.3. The molecule has 0 spiro atoms. The second-order valence-corrected chi connectivity index (χ2v) is 4.62. The average Bonchev–Trinajstić information content (AvgIpc) is 2.62. The number of rotatable bonds is 1. The minimum absolute atomic E-state index is 0.611. The Morgan fingerprint density at radius 1 is 1.62 bits per heavy atom. The Balaban J connectivity index is 2.58. The normalized spacial score (nSPS) is 10.6. The molecule has 0 atom stereocenters. The second kappa shape index (κ2) is 3.25. The van der Waals surface area contributed by atoms with Gasteiger partial charge in [0.25, 0.3) is 0 Å². The molecule has 1 N–H and O–H groups in total. The van der Waals surface area contributed by atoms with Crippen molar-refractivity contribution in [2.45, 2.75) is 0 Å². The van der Waals surface area contributed by atoms with Crippen LogP contribution >= 0.6 is 35.2 Å². The molecule has 0 aliphatic heterocycles. The third-order valence-electron chi connectivity index (χ3n) is 1.67. The molecule has 0 radical (unpaired) electrons. The van der Waals surface area contributed by atoms with E-state index < -0.39 is 0 Å². The maximum Gasteiger partial charge on any atom is 0.195 e. The smallest absolute Gasteiger partial charge is 0.195 e. The summed E-state index contributed by atoms with van der Waals surface area (Å²) in [6.07, 6.45) is 0. The van der Waals surface area contributed by atoms with Crippen molar-refractivity contribution in [2.75, 3.05) is 0 Å². The number of H-pyrrole nitrogens is 1. The molecule has 0 aromatic carbocycles. The van der Waals surface area contributed by atoms with Gasteiger partial charge in [-0.3, -0.25) is 5.10 Å². The van der Waals surface area contributed by atoms with Crippen molar-refractivity contribution in [3.63, 3.8) is 0 Å². The van der Waals surface area contributed by atoms with Crippen molar-refractivity contribution in [3.05, 3.63) is 21.2 Å². The Bertz CT molecular complexity index is 482. The van der Waals surface area contributed by atoms with Gasteiger partial charge in [0.05, 0.1) is 9.21 Å².